The Morgan fingerprint density at radius 3 is 2.66 bits per heavy atom. The van der Waals surface area contributed by atoms with E-state index in [1.54, 1.807) is 9.58 Å². The SMILES string of the molecule is COc1nc2c(c(N3CCCn4nc(C(=O)N5CC6(COC6)C5)c(Cl)c4C3)n1)COC(c1c(C(F)(F)F)ccc(N)c1F)C2. The molecule has 11 nitrogen and oxygen atoms in total. The Morgan fingerprint density at radius 2 is 1.98 bits per heavy atom. The Bertz CT molecular complexity index is 1650. The van der Waals surface area contributed by atoms with Crippen molar-refractivity contribution in [3.8, 4) is 6.01 Å². The highest BCUT2D eigenvalue weighted by Gasteiger charge is 2.51. The van der Waals surface area contributed by atoms with Crippen LogP contribution in [-0.4, -0.2) is 70.5 Å². The number of amides is 1. The van der Waals surface area contributed by atoms with Gasteiger partial charge in [-0.05, 0) is 18.6 Å². The molecule has 6 heterocycles. The number of carbonyl (C=O) groups excluding carboxylic acids is 1. The Morgan fingerprint density at radius 1 is 1.20 bits per heavy atom. The third-order valence-corrected chi connectivity index (χ3v) is 9.07. The van der Waals surface area contributed by atoms with Gasteiger partial charge in [-0.2, -0.15) is 28.2 Å². The van der Waals surface area contributed by atoms with E-state index in [2.05, 4.69) is 15.1 Å². The van der Waals surface area contributed by atoms with Gasteiger partial charge in [0.15, 0.2) is 11.5 Å². The number of aryl methyl sites for hydroxylation is 1. The van der Waals surface area contributed by atoms with E-state index < -0.39 is 34.9 Å². The summed E-state index contributed by atoms with van der Waals surface area (Å²) >= 11 is 6.77. The van der Waals surface area contributed by atoms with Crippen molar-refractivity contribution < 1.29 is 36.6 Å². The molecule has 1 aromatic carbocycles. The van der Waals surface area contributed by atoms with Crippen molar-refractivity contribution in [2.45, 2.75) is 44.8 Å². The lowest BCUT2D eigenvalue weighted by Crippen LogP contribution is -2.67. The van der Waals surface area contributed by atoms with Gasteiger partial charge in [0.05, 0.1) is 72.7 Å². The minimum absolute atomic E-state index is 0.00472. The Balaban J connectivity index is 1.19. The van der Waals surface area contributed by atoms with Gasteiger partial charge < -0.3 is 29.7 Å². The molecule has 16 heteroatoms. The highest BCUT2D eigenvalue weighted by Crippen LogP contribution is 2.43. The summed E-state index contributed by atoms with van der Waals surface area (Å²) in [4.78, 5) is 25.9. The summed E-state index contributed by atoms with van der Waals surface area (Å²) in [6.07, 6.45) is -5.65. The first-order valence-electron chi connectivity index (χ1n) is 14.1. The van der Waals surface area contributed by atoms with E-state index in [1.165, 1.54) is 7.11 Å². The number of ether oxygens (including phenoxy) is 3. The molecule has 0 radical (unpaired) electrons. The van der Waals surface area contributed by atoms with Crippen molar-refractivity contribution in [1.82, 2.24) is 24.6 Å². The van der Waals surface area contributed by atoms with Crippen LogP contribution in [0.2, 0.25) is 5.02 Å². The Hall–Kier alpha value is -3.69. The Kier molecular flexibility index (Phi) is 6.90. The maximum Gasteiger partial charge on any atom is 0.416 e. The van der Waals surface area contributed by atoms with Crippen LogP contribution >= 0.6 is 11.6 Å². The van der Waals surface area contributed by atoms with Crippen LogP contribution in [0.4, 0.5) is 29.1 Å². The lowest BCUT2D eigenvalue weighted by molar-refractivity contribution is -0.176. The van der Waals surface area contributed by atoms with Gasteiger partial charge in [-0.3, -0.25) is 9.48 Å². The number of fused-ring (bicyclic) bond motifs is 2. The van der Waals surface area contributed by atoms with E-state index >= 15 is 4.39 Å². The summed E-state index contributed by atoms with van der Waals surface area (Å²) in [6.45, 7) is 3.60. The molecule has 1 atom stereocenters. The molecule has 7 rings (SSSR count). The van der Waals surface area contributed by atoms with Gasteiger partial charge in [0, 0.05) is 43.7 Å². The van der Waals surface area contributed by atoms with Gasteiger partial charge in [0.1, 0.15) is 5.82 Å². The van der Waals surface area contributed by atoms with Crippen molar-refractivity contribution in [2.24, 2.45) is 5.41 Å². The number of benzene rings is 1. The zero-order valence-electron chi connectivity index (χ0n) is 23.6. The molecule has 0 aliphatic carbocycles. The van der Waals surface area contributed by atoms with Gasteiger partial charge in [0.2, 0.25) is 0 Å². The van der Waals surface area contributed by atoms with Crippen molar-refractivity contribution in [3.63, 3.8) is 0 Å². The maximum atomic E-state index is 15.1. The molecular weight excluding hydrogens is 610 g/mol. The van der Waals surface area contributed by atoms with Gasteiger partial charge in [-0.1, -0.05) is 11.6 Å². The minimum Gasteiger partial charge on any atom is -0.467 e. The highest BCUT2D eigenvalue weighted by molar-refractivity contribution is 6.34. The molecule has 2 aromatic heterocycles. The topological polar surface area (TPSA) is 121 Å². The first-order chi connectivity index (χ1) is 21.0. The van der Waals surface area contributed by atoms with Crippen LogP contribution in [0.1, 0.15) is 51.1 Å². The number of rotatable bonds is 4. The maximum absolute atomic E-state index is 15.1. The molecule has 1 amide bonds. The second-order valence-electron chi connectivity index (χ2n) is 11.7. The van der Waals surface area contributed by atoms with Crippen molar-refractivity contribution >= 4 is 29.0 Å². The van der Waals surface area contributed by atoms with E-state index in [0.29, 0.717) is 68.6 Å². The van der Waals surface area contributed by atoms with Crippen LogP contribution in [0.25, 0.3) is 0 Å². The fourth-order valence-electron chi connectivity index (χ4n) is 6.37. The molecule has 3 aromatic rings. The average Bonchev–Trinajstić information content (AvgIpc) is 3.10. The number of hydrogen-bond donors (Lipinski definition) is 1. The molecule has 44 heavy (non-hydrogen) atoms. The summed E-state index contributed by atoms with van der Waals surface area (Å²) in [6, 6.07) is 1.64. The fraction of sp³-hybridized carbons (Fsp3) is 0.500. The summed E-state index contributed by atoms with van der Waals surface area (Å²) in [5.41, 5.74) is 5.18. The highest BCUT2D eigenvalue weighted by atomic mass is 35.5. The summed E-state index contributed by atoms with van der Waals surface area (Å²) < 4.78 is 74.8. The van der Waals surface area contributed by atoms with Crippen LogP contribution in [0.3, 0.4) is 0 Å². The Labute approximate surface area is 253 Å². The lowest BCUT2D eigenvalue weighted by Gasteiger charge is -2.54. The first kappa shape index (κ1) is 29.0. The third-order valence-electron chi connectivity index (χ3n) is 8.67. The van der Waals surface area contributed by atoms with Crippen molar-refractivity contribution in [2.75, 3.05) is 50.6 Å². The predicted octanol–water partition coefficient (Wildman–Crippen LogP) is 3.77. The number of halogens is 5. The van der Waals surface area contributed by atoms with Crippen LogP contribution in [0.5, 0.6) is 6.01 Å². The van der Waals surface area contributed by atoms with Crippen molar-refractivity contribution in [1.29, 1.82) is 0 Å². The molecule has 234 valence electrons. The van der Waals surface area contributed by atoms with E-state index in [-0.39, 0.29) is 47.6 Å². The second kappa shape index (κ2) is 10.4. The number of alkyl halides is 3. The van der Waals surface area contributed by atoms with Crippen LogP contribution in [0, 0.1) is 11.2 Å². The summed E-state index contributed by atoms with van der Waals surface area (Å²) in [5, 5.41) is 4.82. The average molecular weight is 638 g/mol. The number of nitrogen functional groups attached to an aromatic ring is 1. The molecule has 1 spiro atoms. The fourth-order valence-corrected chi connectivity index (χ4v) is 6.65. The van der Waals surface area contributed by atoms with E-state index in [1.807, 2.05) is 4.90 Å². The molecule has 0 bridgehead atoms. The number of hydrogen-bond acceptors (Lipinski definition) is 9. The van der Waals surface area contributed by atoms with Crippen LogP contribution < -0.4 is 15.4 Å². The zero-order chi connectivity index (χ0) is 31.0. The molecule has 1 unspecified atom stereocenters. The van der Waals surface area contributed by atoms with Crippen molar-refractivity contribution in [3.05, 3.63) is 56.7 Å². The smallest absolute Gasteiger partial charge is 0.416 e. The monoisotopic (exact) mass is 637 g/mol. The number of likely N-dealkylation sites (tertiary alicyclic amines) is 1. The van der Waals surface area contributed by atoms with E-state index in [4.69, 9.17) is 31.5 Å². The molecule has 0 saturated carbocycles. The largest absolute Gasteiger partial charge is 0.467 e. The normalized spacial score (nSPS) is 20.8. The summed E-state index contributed by atoms with van der Waals surface area (Å²) in [7, 11) is 1.38. The quantitative estimate of drug-likeness (QED) is 0.337. The third kappa shape index (κ3) is 4.72. The molecule has 4 aliphatic rings. The number of nitrogens with zero attached hydrogens (tertiary/aromatic N) is 6. The summed E-state index contributed by atoms with van der Waals surface area (Å²) in [5.74, 6) is -0.959. The van der Waals surface area contributed by atoms with Crippen LogP contribution in [0.15, 0.2) is 12.1 Å². The number of methoxy groups -OCH3 is 1. The molecule has 2 N–H and O–H groups in total. The molecule has 4 aliphatic heterocycles. The minimum atomic E-state index is -4.82. The molecule has 2 fully saturated rings. The first-order valence-corrected chi connectivity index (χ1v) is 14.4. The van der Waals surface area contributed by atoms with Crippen LogP contribution in [-0.2, 0) is 41.8 Å². The van der Waals surface area contributed by atoms with Gasteiger partial charge >= 0.3 is 12.2 Å². The van der Waals surface area contributed by atoms with Gasteiger partial charge in [-0.25, -0.2) is 4.39 Å². The van der Waals surface area contributed by atoms with E-state index in [9.17, 15) is 18.0 Å². The zero-order valence-corrected chi connectivity index (χ0v) is 24.3. The number of anilines is 2. The molecule has 2 saturated heterocycles. The van der Waals surface area contributed by atoms with Gasteiger partial charge in [0.25, 0.3) is 5.91 Å². The number of nitrogens with two attached hydrogens (primary N) is 1. The standard InChI is InChI=1S/C28H28ClF4N7O4/c1-42-26-35-17-7-19(20-15(28(31,32)33)3-4-16(34)22(20)30)44-9-14(17)24(36-26)38-5-2-6-40-18(8-38)21(29)23(37-40)25(41)39-10-27(11-39)12-43-13-27/h3-4,19H,2,5-13,34H2,1H3. The number of aromatic nitrogens is 4. The van der Waals surface area contributed by atoms with Gasteiger partial charge in [-0.15, -0.1) is 0 Å². The molecular formula is C28H28ClF4N7O4. The second-order valence-corrected chi connectivity index (χ2v) is 12.0. The van der Waals surface area contributed by atoms with E-state index in [0.717, 1.165) is 12.1 Å². The lowest BCUT2D eigenvalue weighted by atomic mass is 9.78. The number of carbonyl (C=O) groups is 1. The predicted molar refractivity (Wildman–Crippen MR) is 148 cm³/mol.